The lowest BCUT2D eigenvalue weighted by Gasteiger charge is -2.38. The molecule has 0 spiro atoms. The second kappa shape index (κ2) is 6.46. The molecule has 0 aromatic carbocycles. The number of carbonyl (C=O) groups excluding carboxylic acids is 1. The normalized spacial score (nSPS) is 25.1. The van der Waals surface area contributed by atoms with Crippen molar-refractivity contribution in [3.63, 3.8) is 0 Å². The molecular weight excluding hydrogens is 256 g/mol. The maximum Gasteiger partial charge on any atom is 0.317 e. The second-order valence-corrected chi connectivity index (χ2v) is 7.32. The zero-order chi connectivity index (χ0) is 15.5. The summed E-state index contributed by atoms with van der Waals surface area (Å²) in [6.07, 6.45) is 1.09. The monoisotopic (exact) mass is 284 g/mol. The third-order valence-corrected chi connectivity index (χ3v) is 3.88. The molecule has 20 heavy (non-hydrogen) atoms. The number of hydrogen-bond donors (Lipinski definition) is 2. The predicted octanol–water partition coefficient (Wildman–Crippen LogP) is 2.56. The summed E-state index contributed by atoms with van der Waals surface area (Å²) in [5.41, 5.74) is -0.277. The summed E-state index contributed by atoms with van der Waals surface area (Å²) in [4.78, 5) is 25.1. The van der Waals surface area contributed by atoms with Crippen molar-refractivity contribution in [2.75, 3.05) is 13.1 Å². The van der Waals surface area contributed by atoms with Gasteiger partial charge in [0.15, 0.2) is 0 Å². The van der Waals surface area contributed by atoms with Gasteiger partial charge in [0, 0.05) is 19.1 Å². The van der Waals surface area contributed by atoms with Crippen LogP contribution < -0.4 is 5.32 Å². The first-order valence-electron chi connectivity index (χ1n) is 7.36. The van der Waals surface area contributed by atoms with Crippen LogP contribution in [0.25, 0.3) is 0 Å². The van der Waals surface area contributed by atoms with E-state index in [4.69, 9.17) is 5.11 Å². The SMILES string of the molecule is CC1CC(C)CN(C(=O)NC(CC(=O)O)C(C)(C)C)C1. The molecule has 0 aliphatic carbocycles. The fraction of sp³-hybridized carbons (Fsp3) is 0.867. The van der Waals surface area contributed by atoms with Crippen molar-refractivity contribution in [1.82, 2.24) is 10.2 Å². The molecule has 0 radical (unpaired) electrons. The van der Waals surface area contributed by atoms with E-state index in [0.717, 1.165) is 19.5 Å². The van der Waals surface area contributed by atoms with Crippen LogP contribution >= 0.6 is 0 Å². The van der Waals surface area contributed by atoms with Crippen LogP contribution in [0.4, 0.5) is 4.79 Å². The highest BCUT2D eigenvalue weighted by atomic mass is 16.4. The van der Waals surface area contributed by atoms with Gasteiger partial charge in [0.05, 0.1) is 6.42 Å². The van der Waals surface area contributed by atoms with Gasteiger partial charge in [-0.2, -0.15) is 0 Å². The Bertz CT molecular complexity index is 353. The number of carboxylic acids is 1. The Morgan fingerprint density at radius 1 is 1.25 bits per heavy atom. The van der Waals surface area contributed by atoms with Crippen molar-refractivity contribution in [2.45, 2.75) is 53.5 Å². The molecule has 116 valence electrons. The van der Waals surface area contributed by atoms with Crippen LogP contribution in [0.2, 0.25) is 0 Å². The number of hydrogen-bond acceptors (Lipinski definition) is 2. The van der Waals surface area contributed by atoms with Gasteiger partial charge in [-0.15, -0.1) is 0 Å². The summed E-state index contributed by atoms with van der Waals surface area (Å²) in [6, 6.07) is -0.496. The number of nitrogens with zero attached hydrogens (tertiary/aromatic N) is 1. The first-order valence-corrected chi connectivity index (χ1v) is 7.36. The van der Waals surface area contributed by atoms with Crippen molar-refractivity contribution >= 4 is 12.0 Å². The topological polar surface area (TPSA) is 69.6 Å². The van der Waals surface area contributed by atoms with Gasteiger partial charge in [-0.05, 0) is 23.7 Å². The van der Waals surface area contributed by atoms with Crippen LogP contribution in [0.5, 0.6) is 0 Å². The van der Waals surface area contributed by atoms with Crippen LogP contribution in [0, 0.1) is 17.3 Å². The zero-order valence-electron chi connectivity index (χ0n) is 13.3. The largest absolute Gasteiger partial charge is 0.481 e. The Kier molecular flexibility index (Phi) is 5.42. The Labute approximate surface area is 121 Å². The van der Waals surface area contributed by atoms with Crippen molar-refractivity contribution in [3.8, 4) is 0 Å². The fourth-order valence-electron chi connectivity index (χ4n) is 2.82. The van der Waals surface area contributed by atoms with Crippen LogP contribution in [-0.4, -0.2) is 41.1 Å². The van der Waals surface area contributed by atoms with E-state index in [2.05, 4.69) is 19.2 Å². The molecule has 0 saturated carbocycles. The lowest BCUT2D eigenvalue weighted by atomic mass is 9.85. The summed E-state index contributed by atoms with van der Waals surface area (Å²) in [6.45, 7) is 11.6. The molecule has 1 rings (SSSR count). The molecule has 1 fully saturated rings. The van der Waals surface area contributed by atoms with Crippen molar-refractivity contribution in [3.05, 3.63) is 0 Å². The van der Waals surface area contributed by atoms with Gasteiger partial charge in [-0.3, -0.25) is 4.79 Å². The smallest absolute Gasteiger partial charge is 0.317 e. The average molecular weight is 284 g/mol. The second-order valence-electron chi connectivity index (χ2n) is 7.32. The van der Waals surface area contributed by atoms with E-state index in [1.807, 2.05) is 25.7 Å². The Morgan fingerprint density at radius 3 is 2.15 bits per heavy atom. The highest BCUT2D eigenvalue weighted by Crippen LogP contribution is 2.24. The predicted molar refractivity (Wildman–Crippen MR) is 78.5 cm³/mol. The van der Waals surface area contributed by atoms with E-state index in [9.17, 15) is 9.59 Å². The number of nitrogens with one attached hydrogen (secondary N) is 1. The van der Waals surface area contributed by atoms with Crippen molar-refractivity contribution < 1.29 is 14.7 Å². The first-order chi connectivity index (χ1) is 9.09. The summed E-state index contributed by atoms with van der Waals surface area (Å²) in [7, 11) is 0. The summed E-state index contributed by atoms with van der Waals surface area (Å²) < 4.78 is 0. The molecule has 0 bridgehead atoms. The quantitative estimate of drug-likeness (QED) is 0.837. The lowest BCUT2D eigenvalue weighted by molar-refractivity contribution is -0.138. The van der Waals surface area contributed by atoms with E-state index in [1.54, 1.807) is 0 Å². The van der Waals surface area contributed by atoms with Gasteiger partial charge in [0.2, 0.25) is 0 Å². The third kappa shape index (κ3) is 5.02. The van der Waals surface area contributed by atoms with Crippen molar-refractivity contribution in [1.29, 1.82) is 0 Å². The molecule has 3 atom stereocenters. The number of aliphatic carboxylic acids is 1. The molecule has 2 N–H and O–H groups in total. The zero-order valence-corrected chi connectivity index (χ0v) is 13.3. The van der Waals surface area contributed by atoms with Crippen LogP contribution in [0.15, 0.2) is 0 Å². The van der Waals surface area contributed by atoms with Gasteiger partial charge >= 0.3 is 12.0 Å². The molecule has 0 aromatic heterocycles. The minimum absolute atomic E-state index is 0.0474. The minimum atomic E-state index is -0.884. The maximum atomic E-state index is 12.3. The van der Waals surface area contributed by atoms with E-state index >= 15 is 0 Å². The number of rotatable bonds is 3. The number of piperidine rings is 1. The molecule has 3 unspecified atom stereocenters. The minimum Gasteiger partial charge on any atom is -0.481 e. The van der Waals surface area contributed by atoms with Gasteiger partial charge in [0.25, 0.3) is 0 Å². The van der Waals surface area contributed by atoms with E-state index in [-0.39, 0.29) is 23.9 Å². The molecule has 1 saturated heterocycles. The van der Waals surface area contributed by atoms with Gasteiger partial charge in [-0.1, -0.05) is 34.6 Å². The van der Waals surface area contributed by atoms with E-state index < -0.39 is 5.97 Å². The van der Waals surface area contributed by atoms with Gasteiger partial charge < -0.3 is 15.3 Å². The summed E-state index contributed by atoms with van der Waals surface area (Å²) in [5, 5.41) is 11.9. The molecule has 0 aromatic rings. The summed E-state index contributed by atoms with van der Waals surface area (Å²) >= 11 is 0. The molecular formula is C15H28N2O3. The molecule has 1 aliphatic heterocycles. The molecule has 5 heteroatoms. The number of carbonyl (C=O) groups is 2. The first kappa shape index (κ1) is 16.8. The van der Waals surface area contributed by atoms with Crippen molar-refractivity contribution in [2.24, 2.45) is 17.3 Å². The molecule has 1 aliphatic rings. The highest BCUT2D eigenvalue weighted by molar-refractivity contribution is 5.76. The number of amides is 2. The maximum absolute atomic E-state index is 12.3. The third-order valence-electron chi connectivity index (χ3n) is 3.88. The van der Waals surface area contributed by atoms with Gasteiger partial charge in [-0.25, -0.2) is 4.79 Å². The number of likely N-dealkylation sites (tertiary alicyclic amines) is 1. The van der Waals surface area contributed by atoms with E-state index in [0.29, 0.717) is 11.8 Å². The van der Waals surface area contributed by atoms with E-state index in [1.165, 1.54) is 0 Å². The lowest BCUT2D eigenvalue weighted by Crippen LogP contribution is -2.53. The Balaban J connectivity index is 2.68. The van der Waals surface area contributed by atoms with Crippen LogP contribution in [0.1, 0.15) is 47.5 Å². The molecule has 2 amide bonds. The Morgan fingerprint density at radius 2 is 1.75 bits per heavy atom. The number of carboxylic acid groups (broad SMARTS) is 1. The van der Waals surface area contributed by atoms with Crippen LogP contribution in [0.3, 0.4) is 0 Å². The highest BCUT2D eigenvalue weighted by Gasteiger charge is 2.32. The fourth-order valence-corrected chi connectivity index (χ4v) is 2.82. The Hall–Kier alpha value is -1.26. The summed E-state index contributed by atoms with van der Waals surface area (Å²) in [5.74, 6) is 0.111. The van der Waals surface area contributed by atoms with Gasteiger partial charge in [0.1, 0.15) is 0 Å². The average Bonchev–Trinajstić information content (AvgIpc) is 2.24. The number of urea groups is 1. The molecule has 5 nitrogen and oxygen atoms in total. The standard InChI is InChI=1S/C15H28N2O3/c1-10-6-11(2)9-17(8-10)14(20)16-12(7-13(18)19)15(3,4)5/h10-12H,6-9H2,1-5H3,(H,16,20)(H,18,19). The van der Waals surface area contributed by atoms with Crippen LogP contribution in [-0.2, 0) is 4.79 Å². The molecule has 1 heterocycles.